The van der Waals surface area contributed by atoms with Crippen molar-refractivity contribution in [1.82, 2.24) is 5.32 Å². The van der Waals surface area contributed by atoms with E-state index in [-0.39, 0.29) is 12.1 Å². The average molecular weight is 207 g/mol. The van der Waals surface area contributed by atoms with Crippen LogP contribution >= 0.6 is 0 Å². The summed E-state index contributed by atoms with van der Waals surface area (Å²) < 4.78 is 5.18. The predicted molar refractivity (Wildman–Crippen MR) is 58.6 cm³/mol. The van der Waals surface area contributed by atoms with E-state index in [0.717, 1.165) is 6.54 Å². The third-order valence-corrected chi connectivity index (χ3v) is 2.87. The summed E-state index contributed by atoms with van der Waals surface area (Å²) in [6.45, 7) is 3.94. The highest BCUT2D eigenvalue weighted by Crippen LogP contribution is 2.09. The maximum absolute atomic E-state index is 9.55. The summed E-state index contributed by atoms with van der Waals surface area (Å²) in [5.74, 6) is 0. The molecule has 1 aliphatic heterocycles. The molecule has 1 aromatic carbocycles. The van der Waals surface area contributed by atoms with E-state index in [1.807, 2.05) is 12.1 Å². The Morgan fingerprint density at radius 3 is 2.87 bits per heavy atom. The molecule has 0 bridgehead atoms. The molecule has 3 nitrogen and oxygen atoms in total. The predicted octanol–water partition coefficient (Wildman–Crippen LogP) is 0.844. The van der Waals surface area contributed by atoms with Gasteiger partial charge < -0.3 is 15.2 Å². The topological polar surface area (TPSA) is 41.5 Å². The molecule has 0 aromatic heterocycles. The van der Waals surface area contributed by atoms with Crippen molar-refractivity contribution >= 4 is 0 Å². The molecule has 0 aliphatic carbocycles. The van der Waals surface area contributed by atoms with Gasteiger partial charge in [0, 0.05) is 6.54 Å². The van der Waals surface area contributed by atoms with Gasteiger partial charge in [-0.1, -0.05) is 24.3 Å². The number of ether oxygens (including phenoxy) is 1. The molecule has 0 radical (unpaired) electrons. The number of rotatable bonds is 3. The van der Waals surface area contributed by atoms with Crippen LogP contribution in [0.5, 0.6) is 0 Å². The van der Waals surface area contributed by atoms with Crippen LogP contribution in [-0.4, -0.2) is 30.5 Å². The number of aliphatic hydroxyl groups is 1. The van der Waals surface area contributed by atoms with Crippen LogP contribution in [0, 0.1) is 6.92 Å². The van der Waals surface area contributed by atoms with E-state index < -0.39 is 0 Å². The van der Waals surface area contributed by atoms with E-state index in [0.29, 0.717) is 13.2 Å². The van der Waals surface area contributed by atoms with Crippen LogP contribution in [0.25, 0.3) is 0 Å². The van der Waals surface area contributed by atoms with Crippen LogP contribution in [0.2, 0.25) is 0 Å². The Kier molecular flexibility index (Phi) is 3.36. The van der Waals surface area contributed by atoms with Crippen LogP contribution < -0.4 is 5.32 Å². The van der Waals surface area contributed by atoms with Gasteiger partial charge >= 0.3 is 0 Å². The van der Waals surface area contributed by atoms with Gasteiger partial charge in [-0.25, -0.2) is 0 Å². The van der Waals surface area contributed by atoms with Crippen molar-refractivity contribution in [3.8, 4) is 0 Å². The van der Waals surface area contributed by atoms with Gasteiger partial charge in [-0.15, -0.1) is 0 Å². The van der Waals surface area contributed by atoms with E-state index in [4.69, 9.17) is 4.74 Å². The molecule has 15 heavy (non-hydrogen) atoms. The molecule has 0 saturated carbocycles. The SMILES string of the molecule is Cc1ccccc1CNC1COCC1O. The van der Waals surface area contributed by atoms with E-state index >= 15 is 0 Å². The molecule has 2 N–H and O–H groups in total. The number of nitrogens with one attached hydrogen (secondary N) is 1. The largest absolute Gasteiger partial charge is 0.389 e. The Bertz CT molecular complexity index is 327. The molecular formula is C12H17NO2. The van der Waals surface area contributed by atoms with E-state index in [1.165, 1.54) is 11.1 Å². The molecule has 1 fully saturated rings. The molecule has 3 heteroatoms. The maximum Gasteiger partial charge on any atom is 0.0948 e. The van der Waals surface area contributed by atoms with Gasteiger partial charge in [0.25, 0.3) is 0 Å². The summed E-state index contributed by atoms with van der Waals surface area (Å²) in [5, 5.41) is 12.9. The van der Waals surface area contributed by atoms with E-state index in [1.54, 1.807) is 0 Å². The lowest BCUT2D eigenvalue weighted by atomic mass is 10.1. The van der Waals surface area contributed by atoms with Crippen LogP contribution in [0.1, 0.15) is 11.1 Å². The third kappa shape index (κ3) is 2.56. The number of hydrogen-bond acceptors (Lipinski definition) is 3. The molecule has 0 amide bonds. The number of benzene rings is 1. The first-order valence-corrected chi connectivity index (χ1v) is 5.31. The van der Waals surface area contributed by atoms with Gasteiger partial charge in [0.2, 0.25) is 0 Å². The Morgan fingerprint density at radius 2 is 2.20 bits per heavy atom. The van der Waals surface area contributed by atoms with Crippen LogP contribution in [0.15, 0.2) is 24.3 Å². The fraction of sp³-hybridized carbons (Fsp3) is 0.500. The number of aliphatic hydroxyl groups excluding tert-OH is 1. The second-order valence-electron chi connectivity index (χ2n) is 4.02. The average Bonchev–Trinajstić information content (AvgIpc) is 2.63. The van der Waals surface area contributed by atoms with Crippen molar-refractivity contribution in [3.63, 3.8) is 0 Å². The Hall–Kier alpha value is -0.900. The first kappa shape index (κ1) is 10.6. The second kappa shape index (κ2) is 4.75. The van der Waals surface area contributed by atoms with Gasteiger partial charge in [-0.3, -0.25) is 0 Å². The molecule has 2 rings (SSSR count). The lowest BCUT2D eigenvalue weighted by molar-refractivity contribution is 0.122. The zero-order valence-corrected chi connectivity index (χ0v) is 8.94. The van der Waals surface area contributed by atoms with Crippen molar-refractivity contribution in [3.05, 3.63) is 35.4 Å². The summed E-state index contributed by atoms with van der Waals surface area (Å²) >= 11 is 0. The van der Waals surface area contributed by atoms with Gasteiger partial charge in [-0.2, -0.15) is 0 Å². The zero-order valence-electron chi connectivity index (χ0n) is 8.94. The van der Waals surface area contributed by atoms with Gasteiger partial charge in [-0.05, 0) is 18.1 Å². The summed E-state index contributed by atoms with van der Waals surface area (Å²) in [6, 6.07) is 8.34. The van der Waals surface area contributed by atoms with Crippen molar-refractivity contribution in [2.75, 3.05) is 13.2 Å². The number of aryl methyl sites for hydroxylation is 1. The molecule has 2 unspecified atom stereocenters. The Balaban J connectivity index is 1.90. The van der Waals surface area contributed by atoms with Crippen molar-refractivity contribution in [1.29, 1.82) is 0 Å². The molecule has 0 spiro atoms. The monoisotopic (exact) mass is 207 g/mol. The lowest BCUT2D eigenvalue weighted by Gasteiger charge is -2.15. The normalized spacial score (nSPS) is 25.7. The minimum absolute atomic E-state index is 0.0737. The van der Waals surface area contributed by atoms with Crippen molar-refractivity contribution in [2.24, 2.45) is 0 Å². The fourth-order valence-electron chi connectivity index (χ4n) is 1.79. The Labute approximate surface area is 90.1 Å². The fourth-order valence-corrected chi connectivity index (χ4v) is 1.79. The molecule has 1 aliphatic rings. The lowest BCUT2D eigenvalue weighted by Crippen LogP contribution is -2.38. The van der Waals surface area contributed by atoms with Crippen LogP contribution in [0.4, 0.5) is 0 Å². The summed E-state index contributed by atoms with van der Waals surface area (Å²) in [7, 11) is 0. The first-order chi connectivity index (χ1) is 7.27. The highest BCUT2D eigenvalue weighted by molar-refractivity contribution is 5.25. The number of hydrogen-bond donors (Lipinski definition) is 2. The van der Waals surface area contributed by atoms with E-state index in [2.05, 4.69) is 24.4 Å². The standard InChI is InChI=1S/C12H17NO2/c1-9-4-2-3-5-10(9)6-13-11-7-15-8-12(11)14/h2-5,11-14H,6-8H2,1H3. The molecule has 1 saturated heterocycles. The van der Waals surface area contributed by atoms with Crippen molar-refractivity contribution < 1.29 is 9.84 Å². The molecular weight excluding hydrogens is 190 g/mol. The summed E-state index contributed by atoms with van der Waals surface area (Å²) in [5.41, 5.74) is 2.55. The van der Waals surface area contributed by atoms with Gasteiger partial charge in [0.15, 0.2) is 0 Å². The minimum Gasteiger partial charge on any atom is -0.389 e. The van der Waals surface area contributed by atoms with Crippen LogP contribution in [-0.2, 0) is 11.3 Å². The minimum atomic E-state index is -0.367. The quantitative estimate of drug-likeness (QED) is 0.772. The second-order valence-corrected chi connectivity index (χ2v) is 4.02. The molecule has 2 atom stereocenters. The molecule has 1 heterocycles. The van der Waals surface area contributed by atoms with Gasteiger partial charge in [0.05, 0.1) is 25.4 Å². The maximum atomic E-state index is 9.55. The third-order valence-electron chi connectivity index (χ3n) is 2.87. The van der Waals surface area contributed by atoms with Gasteiger partial charge in [0.1, 0.15) is 0 Å². The highest BCUT2D eigenvalue weighted by Gasteiger charge is 2.25. The van der Waals surface area contributed by atoms with E-state index in [9.17, 15) is 5.11 Å². The smallest absolute Gasteiger partial charge is 0.0948 e. The van der Waals surface area contributed by atoms with Crippen molar-refractivity contribution in [2.45, 2.75) is 25.6 Å². The van der Waals surface area contributed by atoms with Crippen LogP contribution in [0.3, 0.4) is 0 Å². The summed E-state index contributed by atoms with van der Waals surface area (Å²) in [6.07, 6.45) is -0.367. The zero-order chi connectivity index (χ0) is 10.7. The molecule has 1 aromatic rings. The Morgan fingerprint density at radius 1 is 1.40 bits per heavy atom. The highest BCUT2D eigenvalue weighted by atomic mass is 16.5. The summed E-state index contributed by atoms with van der Waals surface area (Å²) in [4.78, 5) is 0. The molecule has 82 valence electrons. The first-order valence-electron chi connectivity index (χ1n) is 5.31.